The number of hydrogen-bond donors (Lipinski definition) is 1. The number of anilines is 1. The minimum absolute atomic E-state index is 0.00207. The Morgan fingerprint density at radius 2 is 1.70 bits per heavy atom. The topological polar surface area (TPSA) is 48.1 Å². The lowest BCUT2D eigenvalue weighted by atomic mass is 9.79. The first-order valence-corrected chi connectivity index (χ1v) is 7.65. The number of hydrogen-bond acceptors (Lipinski definition) is 4. The zero-order chi connectivity index (χ0) is 15.3. The first kappa shape index (κ1) is 15.1. The van der Waals surface area contributed by atoms with E-state index in [2.05, 4.69) is 52.6 Å². The SMILES string of the molecule is COc1c(C(C)(C)C)cc2nc(N)sc2c1C(C)(C)C. The van der Waals surface area contributed by atoms with Crippen LogP contribution in [0, 0.1) is 0 Å². The molecule has 0 aliphatic heterocycles. The summed E-state index contributed by atoms with van der Waals surface area (Å²) in [5, 5.41) is 0.610. The van der Waals surface area contributed by atoms with Crippen molar-refractivity contribution in [1.29, 1.82) is 0 Å². The number of ether oxygens (including phenoxy) is 1. The molecule has 2 rings (SSSR count). The molecule has 0 atom stereocenters. The van der Waals surface area contributed by atoms with Crippen molar-refractivity contribution in [2.45, 2.75) is 52.4 Å². The quantitative estimate of drug-likeness (QED) is 0.843. The van der Waals surface area contributed by atoms with Crippen molar-refractivity contribution in [2.24, 2.45) is 0 Å². The molecule has 0 saturated carbocycles. The van der Waals surface area contributed by atoms with Gasteiger partial charge in [0.1, 0.15) is 5.75 Å². The average molecular weight is 292 g/mol. The summed E-state index contributed by atoms with van der Waals surface area (Å²) < 4.78 is 6.92. The highest BCUT2D eigenvalue weighted by molar-refractivity contribution is 7.22. The molecule has 0 aliphatic carbocycles. The Morgan fingerprint density at radius 1 is 1.10 bits per heavy atom. The predicted molar refractivity (Wildman–Crippen MR) is 88.0 cm³/mol. The standard InChI is InChI=1S/C16H24N2OS/c1-15(2,3)9-8-10-13(20-14(17)18-10)11(12(9)19-7)16(4,5)6/h8H,1-7H3,(H2,17,18). The van der Waals surface area contributed by atoms with Crippen LogP contribution in [0.1, 0.15) is 52.7 Å². The van der Waals surface area contributed by atoms with Gasteiger partial charge in [0.05, 0.1) is 17.3 Å². The molecule has 1 aromatic carbocycles. The third-order valence-corrected chi connectivity index (χ3v) is 4.33. The van der Waals surface area contributed by atoms with E-state index in [0.29, 0.717) is 5.13 Å². The fraction of sp³-hybridized carbons (Fsp3) is 0.562. The van der Waals surface area contributed by atoms with Crippen molar-refractivity contribution in [3.63, 3.8) is 0 Å². The van der Waals surface area contributed by atoms with Gasteiger partial charge < -0.3 is 10.5 Å². The average Bonchev–Trinajstić information content (AvgIpc) is 2.63. The fourth-order valence-corrected chi connectivity index (χ4v) is 3.58. The van der Waals surface area contributed by atoms with E-state index in [0.717, 1.165) is 16.0 Å². The van der Waals surface area contributed by atoms with Crippen molar-refractivity contribution in [3.05, 3.63) is 17.2 Å². The van der Waals surface area contributed by atoms with Crippen LogP contribution in [0.15, 0.2) is 6.07 Å². The van der Waals surface area contributed by atoms with Crippen LogP contribution < -0.4 is 10.5 Å². The zero-order valence-electron chi connectivity index (χ0n) is 13.4. The highest BCUT2D eigenvalue weighted by Crippen LogP contribution is 2.46. The number of fused-ring (bicyclic) bond motifs is 1. The van der Waals surface area contributed by atoms with E-state index in [-0.39, 0.29) is 10.8 Å². The Bertz CT molecular complexity index is 645. The number of benzene rings is 1. The number of rotatable bonds is 1. The van der Waals surface area contributed by atoms with Crippen LogP contribution in [0.25, 0.3) is 10.2 Å². The molecule has 0 radical (unpaired) electrons. The first-order chi connectivity index (χ1) is 9.05. The molecule has 2 aromatic rings. The van der Waals surface area contributed by atoms with E-state index in [1.54, 1.807) is 18.4 Å². The molecule has 0 bridgehead atoms. The molecule has 0 spiro atoms. The lowest BCUT2D eigenvalue weighted by Crippen LogP contribution is -2.19. The number of nitrogen functional groups attached to an aromatic ring is 1. The highest BCUT2D eigenvalue weighted by atomic mass is 32.1. The smallest absolute Gasteiger partial charge is 0.181 e. The van der Waals surface area contributed by atoms with E-state index in [9.17, 15) is 0 Å². The maximum atomic E-state index is 5.92. The summed E-state index contributed by atoms with van der Waals surface area (Å²) in [5.41, 5.74) is 9.26. The van der Waals surface area contributed by atoms with E-state index < -0.39 is 0 Å². The maximum Gasteiger partial charge on any atom is 0.181 e. The Hall–Kier alpha value is -1.29. The highest BCUT2D eigenvalue weighted by Gasteiger charge is 2.30. The lowest BCUT2D eigenvalue weighted by Gasteiger charge is -2.29. The van der Waals surface area contributed by atoms with Gasteiger partial charge in [0.25, 0.3) is 0 Å². The van der Waals surface area contributed by atoms with Crippen LogP contribution >= 0.6 is 11.3 Å². The second kappa shape index (κ2) is 4.62. The summed E-state index contributed by atoms with van der Waals surface area (Å²) in [4.78, 5) is 4.48. The molecule has 3 nitrogen and oxygen atoms in total. The van der Waals surface area contributed by atoms with E-state index in [1.165, 1.54) is 11.1 Å². The van der Waals surface area contributed by atoms with Gasteiger partial charge in [-0.15, -0.1) is 0 Å². The monoisotopic (exact) mass is 292 g/mol. The molecular formula is C16H24N2OS. The molecule has 4 heteroatoms. The Morgan fingerprint density at radius 3 is 2.15 bits per heavy atom. The summed E-state index contributed by atoms with van der Waals surface area (Å²) in [7, 11) is 1.75. The largest absolute Gasteiger partial charge is 0.496 e. The van der Waals surface area contributed by atoms with Crippen molar-refractivity contribution in [3.8, 4) is 5.75 Å². The molecule has 0 fully saturated rings. The Kier molecular flexibility index (Phi) is 3.49. The summed E-state index contributed by atoms with van der Waals surface area (Å²) in [6.07, 6.45) is 0. The molecule has 0 saturated heterocycles. The summed E-state index contributed by atoms with van der Waals surface area (Å²) in [5.74, 6) is 0.973. The fourth-order valence-electron chi connectivity index (χ4n) is 2.52. The Balaban J connectivity index is 2.97. The third-order valence-electron chi connectivity index (χ3n) is 3.41. The molecule has 0 amide bonds. The van der Waals surface area contributed by atoms with Gasteiger partial charge in [-0.05, 0) is 16.9 Å². The van der Waals surface area contributed by atoms with Crippen LogP contribution in [-0.4, -0.2) is 12.1 Å². The summed E-state index contributed by atoms with van der Waals surface area (Å²) in [6.45, 7) is 13.2. The second-order valence-corrected chi connectivity index (χ2v) is 8.26. The van der Waals surface area contributed by atoms with Gasteiger partial charge in [-0.1, -0.05) is 52.9 Å². The van der Waals surface area contributed by atoms with Crippen LogP contribution in [0.3, 0.4) is 0 Å². The van der Waals surface area contributed by atoms with Crippen LogP contribution in [0.2, 0.25) is 0 Å². The Labute approximate surface area is 125 Å². The molecule has 2 N–H and O–H groups in total. The van der Waals surface area contributed by atoms with Gasteiger partial charge in [-0.2, -0.15) is 0 Å². The normalized spacial score (nSPS) is 12.9. The van der Waals surface area contributed by atoms with Gasteiger partial charge in [0, 0.05) is 11.1 Å². The summed E-state index contributed by atoms with van der Waals surface area (Å²) in [6, 6.07) is 2.12. The number of nitrogens with two attached hydrogens (primary N) is 1. The predicted octanol–water partition coefficient (Wildman–Crippen LogP) is 4.48. The van der Waals surface area contributed by atoms with Crippen molar-refractivity contribution >= 4 is 26.7 Å². The van der Waals surface area contributed by atoms with E-state index in [4.69, 9.17) is 10.5 Å². The minimum Gasteiger partial charge on any atom is -0.496 e. The molecular weight excluding hydrogens is 268 g/mol. The second-order valence-electron chi connectivity index (χ2n) is 7.23. The van der Waals surface area contributed by atoms with E-state index in [1.807, 2.05) is 0 Å². The first-order valence-electron chi connectivity index (χ1n) is 6.83. The third kappa shape index (κ3) is 2.49. The molecule has 1 aromatic heterocycles. The van der Waals surface area contributed by atoms with Crippen LogP contribution in [0.4, 0.5) is 5.13 Å². The summed E-state index contributed by atoms with van der Waals surface area (Å²) >= 11 is 1.54. The van der Waals surface area contributed by atoms with Crippen molar-refractivity contribution < 1.29 is 4.74 Å². The molecule has 110 valence electrons. The zero-order valence-corrected chi connectivity index (χ0v) is 14.2. The van der Waals surface area contributed by atoms with Crippen molar-refractivity contribution in [2.75, 3.05) is 12.8 Å². The number of thiazole rings is 1. The molecule has 0 aliphatic rings. The minimum atomic E-state index is -0.0240. The van der Waals surface area contributed by atoms with Crippen molar-refractivity contribution in [1.82, 2.24) is 4.98 Å². The van der Waals surface area contributed by atoms with Gasteiger partial charge in [0.15, 0.2) is 5.13 Å². The number of nitrogens with zero attached hydrogens (tertiary/aromatic N) is 1. The molecule has 0 unspecified atom stereocenters. The number of methoxy groups -OCH3 is 1. The van der Waals surface area contributed by atoms with Crippen LogP contribution in [-0.2, 0) is 10.8 Å². The van der Waals surface area contributed by atoms with Crippen LogP contribution in [0.5, 0.6) is 5.75 Å². The maximum absolute atomic E-state index is 5.92. The van der Waals surface area contributed by atoms with Gasteiger partial charge in [0.2, 0.25) is 0 Å². The lowest BCUT2D eigenvalue weighted by molar-refractivity contribution is 0.383. The van der Waals surface area contributed by atoms with Gasteiger partial charge in [-0.3, -0.25) is 0 Å². The van der Waals surface area contributed by atoms with Gasteiger partial charge in [-0.25, -0.2) is 4.98 Å². The molecule has 1 heterocycles. The molecule has 20 heavy (non-hydrogen) atoms. The van der Waals surface area contributed by atoms with Gasteiger partial charge >= 0.3 is 0 Å². The van der Waals surface area contributed by atoms with E-state index >= 15 is 0 Å². The number of aromatic nitrogens is 1.